The van der Waals surface area contributed by atoms with E-state index in [0.29, 0.717) is 0 Å². The van der Waals surface area contributed by atoms with Crippen LogP contribution in [0.15, 0.2) is 0 Å². The van der Waals surface area contributed by atoms with Crippen molar-refractivity contribution in [2.45, 2.75) is 20.8 Å². The second-order valence-corrected chi connectivity index (χ2v) is 2.12. The van der Waals surface area contributed by atoms with Crippen LogP contribution in [0.3, 0.4) is 0 Å². The van der Waals surface area contributed by atoms with Crippen molar-refractivity contribution in [3.63, 3.8) is 0 Å². The molecule has 0 aromatic carbocycles. The van der Waals surface area contributed by atoms with E-state index in [4.69, 9.17) is 5.41 Å². The third-order valence-electron chi connectivity index (χ3n) is 0.957. The maximum atomic E-state index is 10.4. The lowest BCUT2D eigenvalue weighted by Gasteiger charge is -1.99. The highest BCUT2D eigenvalue weighted by Crippen LogP contribution is 1.94. The van der Waals surface area contributed by atoms with E-state index in [1.807, 2.05) is 13.8 Å². The average Bonchev–Trinajstić information content (AvgIpc) is 1.64. The van der Waals surface area contributed by atoms with Crippen molar-refractivity contribution < 1.29 is 4.79 Å². The summed E-state index contributed by atoms with van der Waals surface area (Å²) >= 11 is 0. The van der Waals surface area contributed by atoms with E-state index in [1.165, 1.54) is 6.92 Å². The standard InChI is InChI=1S/C6H11NO/c1-4(2)6(7)5(3)8/h4,7H,1-3H3. The van der Waals surface area contributed by atoms with Gasteiger partial charge in [0.05, 0.1) is 5.71 Å². The van der Waals surface area contributed by atoms with E-state index in [1.54, 1.807) is 0 Å². The lowest BCUT2D eigenvalue weighted by molar-refractivity contribution is -0.111. The minimum absolute atomic E-state index is 0.0764. The molecule has 46 valence electrons. The summed E-state index contributed by atoms with van der Waals surface area (Å²) < 4.78 is 0. The van der Waals surface area contributed by atoms with Gasteiger partial charge in [0.2, 0.25) is 0 Å². The molecule has 2 heteroatoms. The number of rotatable bonds is 2. The molecule has 0 radical (unpaired) electrons. The van der Waals surface area contributed by atoms with Crippen LogP contribution >= 0.6 is 0 Å². The van der Waals surface area contributed by atoms with Gasteiger partial charge in [0.1, 0.15) is 0 Å². The van der Waals surface area contributed by atoms with Crippen molar-refractivity contribution >= 4 is 11.5 Å². The van der Waals surface area contributed by atoms with E-state index >= 15 is 0 Å². The summed E-state index contributed by atoms with van der Waals surface area (Å²) in [4.78, 5) is 10.4. The first-order valence-corrected chi connectivity index (χ1v) is 2.65. The zero-order valence-electron chi connectivity index (χ0n) is 5.49. The van der Waals surface area contributed by atoms with Gasteiger partial charge >= 0.3 is 0 Å². The van der Waals surface area contributed by atoms with E-state index in [9.17, 15) is 4.79 Å². The molecule has 0 amide bonds. The van der Waals surface area contributed by atoms with Crippen molar-refractivity contribution in [2.75, 3.05) is 0 Å². The Morgan fingerprint density at radius 3 is 1.88 bits per heavy atom. The fraction of sp³-hybridized carbons (Fsp3) is 0.667. The lowest BCUT2D eigenvalue weighted by Crippen LogP contribution is -2.14. The number of ketones is 1. The molecule has 2 nitrogen and oxygen atoms in total. The van der Waals surface area contributed by atoms with Gasteiger partial charge in [-0.1, -0.05) is 13.8 Å². The number of hydrogen-bond acceptors (Lipinski definition) is 2. The van der Waals surface area contributed by atoms with Gasteiger partial charge in [-0.15, -0.1) is 0 Å². The molecule has 0 unspecified atom stereocenters. The number of nitrogens with one attached hydrogen (secondary N) is 1. The van der Waals surface area contributed by atoms with Gasteiger partial charge in [0, 0.05) is 6.92 Å². The molecule has 0 fully saturated rings. The summed E-state index contributed by atoms with van der Waals surface area (Å²) in [6.45, 7) is 5.09. The third-order valence-corrected chi connectivity index (χ3v) is 0.957. The van der Waals surface area contributed by atoms with Gasteiger partial charge in [-0.25, -0.2) is 0 Å². The minimum Gasteiger partial charge on any atom is -0.301 e. The SMILES string of the molecule is CC(=O)C(=N)C(C)C. The van der Waals surface area contributed by atoms with Gasteiger partial charge in [-0.05, 0) is 5.92 Å². The molecule has 0 rings (SSSR count). The zero-order valence-corrected chi connectivity index (χ0v) is 5.49. The molecule has 0 aromatic heterocycles. The van der Waals surface area contributed by atoms with Crippen molar-refractivity contribution in [2.24, 2.45) is 5.92 Å². The molecule has 0 aliphatic carbocycles. The van der Waals surface area contributed by atoms with E-state index in [0.717, 1.165) is 0 Å². The van der Waals surface area contributed by atoms with Crippen LogP contribution < -0.4 is 0 Å². The van der Waals surface area contributed by atoms with Crippen LogP contribution in [0.25, 0.3) is 0 Å². The second kappa shape index (κ2) is 2.60. The molecule has 8 heavy (non-hydrogen) atoms. The van der Waals surface area contributed by atoms with Crippen LogP contribution in [0.5, 0.6) is 0 Å². The Labute approximate surface area is 49.4 Å². The molecule has 0 heterocycles. The Bertz CT molecular complexity index is 116. The second-order valence-electron chi connectivity index (χ2n) is 2.12. The van der Waals surface area contributed by atoms with Crippen molar-refractivity contribution in [3.05, 3.63) is 0 Å². The lowest BCUT2D eigenvalue weighted by atomic mass is 10.1. The van der Waals surface area contributed by atoms with Crippen LogP contribution in [0.2, 0.25) is 0 Å². The quantitative estimate of drug-likeness (QED) is 0.538. The first kappa shape index (κ1) is 7.34. The highest BCUT2D eigenvalue weighted by atomic mass is 16.1. The van der Waals surface area contributed by atoms with E-state index < -0.39 is 0 Å². The van der Waals surface area contributed by atoms with Gasteiger partial charge in [-0.2, -0.15) is 0 Å². The predicted molar refractivity (Wildman–Crippen MR) is 33.2 cm³/mol. The van der Waals surface area contributed by atoms with Crippen LogP contribution in [-0.2, 0) is 4.79 Å². The summed E-state index contributed by atoms with van der Waals surface area (Å²) in [6, 6.07) is 0. The Morgan fingerprint density at radius 1 is 1.50 bits per heavy atom. The molecule has 0 saturated heterocycles. The van der Waals surface area contributed by atoms with E-state index in [-0.39, 0.29) is 17.4 Å². The molecule has 0 atom stereocenters. The van der Waals surface area contributed by atoms with Crippen LogP contribution in [0.1, 0.15) is 20.8 Å². The monoisotopic (exact) mass is 113 g/mol. The van der Waals surface area contributed by atoms with Crippen molar-refractivity contribution in [1.29, 1.82) is 5.41 Å². The molecule has 0 spiro atoms. The molecule has 0 aliphatic rings. The molecule has 0 saturated carbocycles. The summed E-state index contributed by atoms with van der Waals surface area (Å²) in [7, 11) is 0. The zero-order chi connectivity index (χ0) is 6.73. The fourth-order valence-corrected chi connectivity index (χ4v) is 0.407. The highest BCUT2D eigenvalue weighted by molar-refractivity contribution is 6.38. The Balaban J connectivity index is 3.84. The van der Waals surface area contributed by atoms with Crippen LogP contribution in [-0.4, -0.2) is 11.5 Å². The molecule has 0 bridgehead atoms. The van der Waals surface area contributed by atoms with Gasteiger partial charge in [0.25, 0.3) is 0 Å². The van der Waals surface area contributed by atoms with Gasteiger partial charge in [0.15, 0.2) is 5.78 Å². The smallest absolute Gasteiger partial charge is 0.173 e. The molecule has 1 N–H and O–H groups in total. The van der Waals surface area contributed by atoms with Crippen LogP contribution in [0, 0.1) is 11.3 Å². The highest BCUT2D eigenvalue weighted by Gasteiger charge is 2.05. The summed E-state index contributed by atoms with van der Waals surface area (Å²) in [5, 5.41) is 7.05. The fourth-order valence-electron chi connectivity index (χ4n) is 0.407. The molecular weight excluding hydrogens is 102 g/mol. The summed E-state index contributed by atoms with van der Waals surface area (Å²) in [6.07, 6.45) is 0. The largest absolute Gasteiger partial charge is 0.301 e. The third kappa shape index (κ3) is 1.87. The number of carbonyl (C=O) groups excluding carboxylic acids is 1. The maximum Gasteiger partial charge on any atom is 0.173 e. The topological polar surface area (TPSA) is 40.9 Å². The first-order chi connectivity index (χ1) is 3.55. The maximum absolute atomic E-state index is 10.4. The van der Waals surface area contributed by atoms with E-state index in [2.05, 4.69) is 0 Å². The molecular formula is C6H11NO. The van der Waals surface area contributed by atoms with Crippen LogP contribution in [0.4, 0.5) is 0 Å². The first-order valence-electron chi connectivity index (χ1n) is 2.65. The van der Waals surface area contributed by atoms with Gasteiger partial charge < -0.3 is 5.41 Å². The van der Waals surface area contributed by atoms with Gasteiger partial charge in [-0.3, -0.25) is 4.79 Å². The number of Topliss-reactive ketones (excluding diaryl/α,β-unsaturated/α-hetero) is 1. The summed E-state index contributed by atoms with van der Waals surface area (Å²) in [5.74, 6) is -0.0486. The molecule has 0 aromatic rings. The van der Waals surface area contributed by atoms with Crippen molar-refractivity contribution in [3.8, 4) is 0 Å². The Morgan fingerprint density at radius 2 is 1.88 bits per heavy atom. The Hall–Kier alpha value is -0.660. The normalized spacial score (nSPS) is 9.50. The Kier molecular flexibility index (Phi) is 2.38. The number of hydrogen-bond donors (Lipinski definition) is 1. The molecule has 0 aliphatic heterocycles. The summed E-state index contributed by atoms with van der Waals surface area (Å²) in [5.41, 5.74) is 0.213. The minimum atomic E-state index is -0.125. The number of carbonyl (C=O) groups is 1. The average molecular weight is 113 g/mol. The predicted octanol–water partition coefficient (Wildman–Crippen LogP) is 1.25. The van der Waals surface area contributed by atoms with Crippen molar-refractivity contribution in [1.82, 2.24) is 0 Å².